The molecule has 0 bridgehead atoms. The minimum Gasteiger partial charge on any atom is -0.497 e. The highest BCUT2D eigenvalue weighted by Gasteiger charge is 2.46. The molecule has 33 heavy (non-hydrogen) atoms. The first-order chi connectivity index (χ1) is 15.9. The molecule has 1 fully saturated rings. The Kier molecular flexibility index (Phi) is 7.62. The third-order valence-corrected chi connectivity index (χ3v) is 5.13. The van der Waals surface area contributed by atoms with Gasteiger partial charge < -0.3 is 24.4 Å². The van der Waals surface area contributed by atoms with Crippen LogP contribution in [0.3, 0.4) is 0 Å². The van der Waals surface area contributed by atoms with Crippen LogP contribution in [0.4, 0.5) is 16.2 Å². The van der Waals surface area contributed by atoms with E-state index in [2.05, 4.69) is 10.1 Å². The van der Waals surface area contributed by atoms with Crippen LogP contribution >= 0.6 is 0 Å². The molecule has 10 nitrogen and oxygen atoms in total. The second-order valence-electron chi connectivity index (χ2n) is 7.18. The second kappa shape index (κ2) is 10.6. The first-order valence-electron chi connectivity index (χ1n) is 10.2. The second-order valence-corrected chi connectivity index (χ2v) is 7.18. The molecule has 0 radical (unpaired) electrons. The Labute approximate surface area is 191 Å². The molecule has 4 amide bonds. The summed E-state index contributed by atoms with van der Waals surface area (Å²) in [7, 11) is 4.26. The molecular formula is C23H25N3O7. The molecule has 1 N–H and O–H groups in total. The van der Waals surface area contributed by atoms with Gasteiger partial charge in [-0.15, -0.1) is 0 Å². The minimum absolute atomic E-state index is 0.146. The Bertz CT molecular complexity index is 1040. The minimum atomic E-state index is -0.992. The highest BCUT2D eigenvalue weighted by Crippen LogP contribution is 2.29. The van der Waals surface area contributed by atoms with Gasteiger partial charge in [-0.2, -0.15) is 0 Å². The van der Waals surface area contributed by atoms with Crippen molar-refractivity contribution in [1.82, 2.24) is 4.90 Å². The summed E-state index contributed by atoms with van der Waals surface area (Å²) >= 11 is 0. The molecule has 1 atom stereocenters. The SMILES string of the molecule is COCCN1C(=O)N(c2cccc(OC)c2)C(=O)C1CC(=O)Nc1ccc(C(=O)OC)cc1. The summed E-state index contributed by atoms with van der Waals surface area (Å²) in [6.07, 6.45) is -0.243. The molecule has 0 aromatic heterocycles. The van der Waals surface area contributed by atoms with Gasteiger partial charge in [-0.3, -0.25) is 9.59 Å². The third-order valence-electron chi connectivity index (χ3n) is 5.13. The summed E-state index contributed by atoms with van der Waals surface area (Å²) in [6.45, 7) is 0.353. The maximum Gasteiger partial charge on any atom is 0.337 e. The van der Waals surface area contributed by atoms with Crippen LogP contribution in [0.1, 0.15) is 16.8 Å². The van der Waals surface area contributed by atoms with E-state index in [1.807, 2.05) is 0 Å². The topological polar surface area (TPSA) is 114 Å². The lowest BCUT2D eigenvalue weighted by Crippen LogP contribution is -2.39. The van der Waals surface area contributed by atoms with Crippen LogP contribution in [0, 0.1) is 0 Å². The number of esters is 1. The van der Waals surface area contributed by atoms with Crippen molar-refractivity contribution in [2.24, 2.45) is 0 Å². The summed E-state index contributed by atoms with van der Waals surface area (Å²) in [6, 6.07) is 11.2. The predicted octanol–water partition coefficient (Wildman–Crippen LogP) is 2.29. The van der Waals surface area contributed by atoms with Gasteiger partial charge >= 0.3 is 12.0 Å². The summed E-state index contributed by atoms with van der Waals surface area (Å²) < 4.78 is 14.9. The largest absolute Gasteiger partial charge is 0.497 e. The Hall–Kier alpha value is -3.92. The van der Waals surface area contributed by atoms with Crippen molar-refractivity contribution in [2.45, 2.75) is 12.5 Å². The number of rotatable bonds is 9. The van der Waals surface area contributed by atoms with E-state index < -0.39 is 29.9 Å². The van der Waals surface area contributed by atoms with Crippen LogP contribution in [-0.2, 0) is 19.1 Å². The normalized spacial score (nSPS) is 15.5. The lowest BCUT2D eigenvalue weighted by atomic mass is 10.1. The van der Waals surface area contributed by atoms with Crippen LogP contribution < -0.4 is 15.0 Å². The number of nitrogens with zero attached hydrogens (tertiary/aromatic N) is 2. The maximum absolute atomic E-state index is 13.2. The molecule has 0 aliphatic carbocycles. The highest BCUT2D eigenvalue weighted by atomic mass is 16.5. The molecule has 2 aromatic carbocycles. The van der Waals surface area contributed by atoms with Crippen molar-refractivity contribution in [1.29, 1.82) is 0 Å². The quantitative estimate of drug-likeness (QED) is 0.456. The van der Waals surface area contributed by atoms with Gasteiger partial charge in [0.05, 0.1) is 38.5 Å². The number of hydrogen-bond acceptors (Lipinski definition) is 7. The molecule has 0 saturated carbocycles. The van der Waals surface area contributed by atoms with E-state index in [4.69, 9.17) is 9.47 Å². The van der Waals surface area contributed by atoms with Crippen molar-refractivity contribution in [3.8, 4) is 5.75 Å². The molecule has 1 aliphatic heterocycles. The average Bonchev–Trinajstić information content (AvgIpc) is 3.06. The van der Waals surface area contributed by atoms with Gasteiger partial charge in [0, 0.05) is 25.4 Å². The Balaban J connectivity index is 1.77. The van der Waals surface area contributed by atoms with E-state index in [0.717, 1.165) is 4.90 Å². The van der Waals surface area contributed by atoms with Crippen molar-refractivity contribution in [2.75, 3.05) is 44.7 Å². The lowest BCUT2D eigenvalue weighted by Gasteiger charge is -2.21. The van der Waals surface area contributed by atoms with Crippen LogP contribution in [-0.4, -0.2) is 69.2 Å². The number of urea groups is 1. The average molecular weight is 455 g/mol. The van der Waals surface area contributed by atoms with Crippen molar-refractivity contribution in [3.63, 3.8) is 0 Å². The number of benzene rings is 2. The fraction of sp³-hybridized carbons (Fsp3) is 0.304. The van der Waals surface area contributed by atoms with Gasteiger partial charge in [0.2, 0.25) is 5.91 Å². The van der Waals surface area contributed by atoms with Crippen LogP contribution in [0.15, 0.2) is 48.5 Å². The molecule has 1 unspecified atom stereocenters. The van der Waals surface area contributed by atoms with E-state index in [0.29, 0.717) is 22.7 Å². The van der Waals surface area contributed by atoms with Crippen molar-refractivity contribution >= 4 is 35.2 Å². The summed E-state index contributed by atoms with van der Waals surface area (Å²) in [5.41, 5.74) is 1.14. The fourth-order valence-corrected chi connectivity index (χ4v) is 3.46. The number of hydrogen-bond donors (Lipinski definition) is 1. The molecule has 2 aromatic rings. The maximum atomic E-state index is 13.2. The van der Waals surface area contributed by atoms with Gasteiger partial charge in [0.1, 0.15) is 11.8 Å². The van der Waals surface area contributed by atoms with Gasteiger partial charge in [-0.05, 0) is 36.4 Å². The molecule has 0 spiro atoms. The summed E-state index contributed by atoms with van der Waals surface area (Å²) in [4.78, 5) is 52.9. The lowest BCUT2D eigenvalue weighted by molar-refractivity contribution is -0.124. The number of methoxy groups -OCH3 is 3. The molecule has 1 aliphatic rings. The zero-order chi connectivity index (χ0) is 24.0. The summed E-state index contributed by atoms with van der Waals surface area (Å²) in [5, 5.41) is 2.69. The van der Waals surface area contributed by atoms with Gasteiger partial charge in [0.25, 0.3) is 5.91 Å². The van der Waals surface area contributed by atoms with Gasteiger partial charge in [0.15, 0.2) is 0 Å². The van der Waals surface area contributed by atoms with E-state index in [1.54, 1.807) is 36.4 Å². The predicted molar refractivity (Wildman–Crippen MR) is 119 cm³/mol. The number of nitrogens with one attached hydrogen (secondary N) is 1. The van der Waals surface area contributed by atoms with Crippen LogP contribution in [0.2, 0.25) is 0 Å². The Morgan fingerprint density at radius 3 is 2.39 bits per heavy atom. The van der Waals surface area contributed by atoms with Crippen LogP contribution in [0.25, 0.3) is 0 Å². The Morgan fingerprint density at radius 1 is 1.03 bits per heavy atom. The summed E-state index contributed by atoms with van der Waals surface area (Å²) in [5.74, 6) is -0.968. The highest BCUT2D eigenvalue weighted by molar-refractivity contribution is 6.22. The molecule has 1 saturated heterocycles. The molecule has 10 heteroatoms. The molecule has 3 rings (SSSR count). The van der Waals surface area contributed by atoms with E-state index in [1.165, 1.54) is 38.4 Å². The molecule has 1 heterocycles. The van der Waals surface area contributed by atoms with E-state index in [-0.39, 0.29) is 19.6 Å². The smallest absolute Gasteiger partial charge is 0.337 e. The zero-order valence-electron chi connectivity index (χ0n) is 18.6. The van der Waals surface area contributed by atoms with E-state index in [9.17, 15) is 19.2 Å². The molecule has 174 valence electrons. The number of anilines is 2. The van der Waals surface area contributed by atoms with Crippen molar-refractivity contribution < 1.29 is 33.4 Å². The number of amides is 4. The number of carbonyl (C=O) groups excluding carboxylic acids is 4. The first kappa shape index (κ1) is 23.7. The Morgan fingerprint density at radius 2 is 1.76 bits per heavy atom. The van der Waals surface area contributed by atoms with E-state index >= 15 is 0 Å². The van der Waals surface area contributed by atoms with Crippen molar-refractivity contribution in [3.05, 3.63) is 54.1 Å². The third kappa shape index (κ3) is 5.29. The van der Waals surface area contributed by atoms with Gasteiger partial charge in [-0.25, -0.2) is 14.5 Å². The fourth-order valence-electron chi connectivity index (χ4n) is 3.46. The molecular weight excluding hydrogens is 430 g/mol. The number of imide groups is 1. The first-order valence-corrected chi connectivity index (χ1v) is 10.2. The number of carbonyl (C=O) groups is 4. The monoisotopic (exact) mass is 455 g/mol. The van der Waals surface area contributed by atoms with Crippen LogP contribution in [0.5, 0.6) is 5.75 Å². The standard InChI is InChI=1S/C23H25N3O7/c1-31-12-11-25-19(14-20(27)24-16-9-7-15(8-10-16)22(29)33-3)21(28)26(23(25)30)17-5-4-6-18(13-17)32-2/h4-10,13,19H,11-12,14H2,1-3H3,(H,24,27). The zero-order valence-corrected chi connectivity index (χ0v) is 18.6. The number of ether oxygens (including phenoxy) is 3. The van der Waals surface area contributed by atoms with Gasteiger partial charge in [-0.1, -0.05) is 6.07 Å².